The van der Waals surface area contributed by atoms with Gasteiger partial charge in [0.15, 0.2) is 0 Å². The molecule has 2 atom stereocenters. The SMILES string of the molecule is CCC(C)CN1CC(C)NCc2ccccc21. The van der Waals surface area contributed by atoms with E-state index < -0.39 is 0 Å². The Balaban J connectivity index is 2.22. The minimum atomic E-state index is 0.562. The van der Waals surface area contributed by atoms with Gasteiger partial charge < -0.3 is 10.2 Å². The lowest BCUT2D eigenvalue weighted by Crippen LogP contribution is -2.38. The molecule has 0 fully saturated rings. The van der Waals surface area contributed by atoms with Gasteiger partial charge in [-0.1, -0.05) is 38.5 Å². The second-order valence-electron chi connectivity index (χ2n) is 5.33. The summed E-state index contributed by atoms with van der Waals surface area (Å²) in [5, 5.41) is 3.58. The Labute approximate surface area is 105 Å². The molecule has 0 bridgehead atoms. The number of nitrogens with zero attached hydrogens (tertiary/aromatic N) is 1. The Morgan fingerprint density at radius 3 is 2.94 bits per heavy atom. The van der Waals surface area contributed by atoms with Gasteiger partial charge in [0.2, 0.25) is 0 Å². The van der Waals surface area contributed by atoms with E-state index in [-0.39, 0.29) is 0 Å². The molecule has 1 aromatic carbocycles. The summed E-state index contributed by atoms with van der Waals surface area (Å²) in [4.78, 5) is 2.55. The number of para-hydroxylation sites is 1. The quantitative estimate of drug-likeness (QED) is 0.861. The fourth-order valence-electron chi connectivity index (χ4n) is 2.42. The minimum absolute atomic E-state index is 0.562. The Bertz CT molecular complexity index is 362. The molecule has 2 nitrogen and oxygen atoms in total. The molecule has 0 aromatic heterocycles. The van der Waals surface area contributed by atoms with E-state index in [1.54, 1.807) is 0 Å². The Morgan fingerprint density at radius 1 is 1.41 bits per heavy atom. The van der Waals surface area contributed by atoms with E-state index in [0.717, 1.165) is 19.0 Å². The predicted octanol–water partition coefficient (Wildman–Crippen LogP) is 3.03. The number of fused-ring (bicyclic) bond motifs is 1. The van der Waals surface area contributed by atoms with Crippen LogP contribution in [-0.2, 0) is 6.54 Å². The van der Waals surface area contributed by atoms with Crippen LogP contribution in [-0.4, -0.2) is 19.1 Å². The molecule has 1 aromatic rings. The fraction of sp³-hybridized carbons (Fsp3) is 0.600. The summed E-state index contributed by atoms with van der Waals surface area (Å²) >= 11 is 0. The third kappa shape index (κ3) is 3.01. The van der Waals surface area contributed by atoms with Gasteiger partial charge in [-0.25, -0.2) is 0 Å². The van der Waals surface area contributed by atoms with E-state index in [2.05, 4.69) is 55.3 Å². The number of anilines is 1. The molecule has 17 heavy (non-hydrogen) atoms. The Morgan fingerprint density at radius 2 is 2.18 bits per heavy atom. The first-order chi connectivity index (χ1) is 8.20. The van der Waals surface area contributed by atoms with Crippen molar-refractivity contribution in [2.45, 2.75) is 39.8 Å². The average molecular weight is 232 g/mol. The van der Waals surface area contributed by atoms with Gasteiger partial charge in [-0.3, -0.25) is 0 Å². The first kappa shape index (κ1) is 12.4. The van der Waals surface area contributed by atoms with Gasteiger partial charge in [-0.2, -0.15) is 0 Å². The van der Waals surface area contributed by atoms with Crippen molar-refractivity contribution in [2.24, 2.45) is 5.92 Å². The molecule has 0 radical (unpaired) electrons. The van der Waals surface area contributed by atoms with Crippen molar-refractivity contribution in [1.29, 1.82) is 0 Å². The molecule has 0 saturated heterocycles. The van der Waals surface area contributed by atoms with E-state index in [4.69, 9.17) is 0 Å². The highest BCUT2D eigenvalue weighted by atomic mass is 15.2. The molecule has 1 aliphatic heterocycles. The lowest BCUT2D eigenvalue weighted by Gasteiger charge is -2.29. The molecule has 0 aliphatic carbocycles. The molecule has 1 N–H and O–H groups in total. The summed E-state index contributed by atoms with van der Waals surface area (Å²) in [6.07, 6.45) is 1.25. The standard InChI is InChI=1S/C15H24N2/c1-4-12(2)10-17-11-13(3)16-9-14-7-5-6-8-15(14)17/h5-8,12-13,16H,4,9-11H2,1-3H3. The Hall–Kier alpha value is -1.02. The van der Waals surface area contributed by atoms with Crippen LogP contribution in [0.15, 0.2) is 24.3 Å². The highest BCUT2D eigenvalue weighted by molar-refractivity contribution is 5.54. The van der Waals surface area contributed by atoms with Crippen molar-refractivity contribution in [3.8, 4) is 0 Å². The smallest absolute Gasteiger partial charge is 0.0412 e. The summed E-state index contributed by atoms with van der Waals surface area (Å²) in [7, 11) is 0. The van der Waals surface area contributed by atoms with Crippen LogP contribution < -0.4 is 10.2 Å². The van der Waals surface area contributed by atoms with E-state index in [9.17, 15) is 0 Å². The summed E-state index contributed by atoms with van der Waals surface area (Å²) in [5.74, 6) is 0.758. The van der Waals surface area contributed by atoms with Gasteiger partial charge >= 0.3 is 0 Å². The van der Waals surface area contributed by atoms with Crippen LogP contribution in [0.3, 0.4) is 0 Å². The highest BCUT2D eigenvalue weighted by Crippen LogP contribution is 2.24. The highest BCUT2D eigenvalue weighted by Gasteiger charge is 2.19. The maximum absolute atomic E-state index is 3.58. The van der Waals surface area contributed by atoms with E-state index in [1.807, 2.05) is 0 Å². The minimum Gasteiger partial charge on any atom is -0.369 e. The number of hydrogen-bond donors (Lipinski definition) is 1. The van der Waals surface area contributed by atoms with Crippen molar-refractivity contribution >= 4 is 5.69 Å². The topological polar surface area (TPSA) is 15.3 Å². The van der Waals surface area contributed by atoms with Gasteiger partial charge in [-0.05, 0) is 24.5 Å². The van der Waals surface area contributed by atoms with Gasteiger partial charge in [0, 0.05) is 31.4 Å². The lowest BCUT2D eigenvalue weighted by atomic mass is 10.1. The first-order valence-electron chi connectivity index (χ1n) is 6.77. The average Bonchev–Trinajstić information content (AvgIpc) is 2.50. The van der Waals surface area contributed by atoms with Crippen LogP contribution in [0.5, 0.6) is 0 Å². The Kier molecular flexibility index (Phi) is 4.06. The van der Waals surface area contributed by atoms with Gasteiger partial charge in [-0.15, -0.1) is 0 Å². The molecule has 94 valence electrons. The fourth-order valence-corrected chi connectivity index (χ4v) is 2.42. The molecule has 2 heteroatoms. The van der Waals surface area contributed by atoms with Crippen LogP contribution in [0.2, 0.25) is 0 Å². The van der Waals surface area contributed by atoms with Gasteiger partial charge in [0.05, 0.1) is 0 Å². The second-order valence-corrected chi connectivity index (χ2v) is 5.33. The zero-order chi connectivity index (χ0) is 12.3. The van der Waals surface area contributed by atoms with E-state index in [0.29, 0.717) is 6.04 Å². The maximum Gasteiger partial charge on any atom is 0.0412 e. The summed E-state index contributed by atoms with van der Waals surface area (Å²) in [6.45, 7) is 10.2. The largest absolute Gasteiger partial charge is 0.369 e. The van der Waals surface area contributed by atoms with Crippen LogP contribution >= 0.6 is 0 Å². The van der Waals surface area contributed by atoms with Crippen molar-refractivity contribution in [1.82, 2.24) is 5.32 Å². The number of benzene rings is 1. The molecule has 0 amide bonds. The monoisotopic (exact) mass is 232 g/mol. The third-order valence-electron chi connectivity index (χ3n) is 3.70. The number of nitrogens with one attached hydrogen (secondary N) is 1. The molecule has 2 unspecified atom stereocenters. The normalized spacial score (nSPS) is 21.8. The van der Waals surface area contributed by atoms with Crippen molar-refractivity contribution in [2.75, 3.05) is 18.0 Å². The summed E-state index contributed by atoms with van der Waals surface area (Å²) in [5.41, 5.74) is 2.85. The van der Waals surface area contributed by atoms with Crippen molar-refractivity contribution < 1.29 is 0 Å². The molecule has 1 heterocycles. The molecule has 1 aliphatic rings. The third-order valence-corrected chi connectivity index (χ3v) is 3.70. The molecule has 0 spiro atoms. The molecular formula is C15H24N2. The lowest BCUT2D eigenvalue weighted by molar-refractivity contribution is 0.505. The summed E-state index contributed by atoms with van der Waals surface area (Å²) in [6, 6.07) is 9.35. The first-order valence-corrected chi connectivity index (χ1v) is 6.77. The number of rotatable bonds is 3. The molecule has 0 saturated carbocycles. The number of hydrogen-bond acceptors (Lipinski definition) is 2. The van der Waals surface area contributed by atoms with Crippen LogP contribution in [0.1, 0.15) is 32.8 Å². The van der Waals surface area contributed by atoms with Crippen molar-refractivity contribution in [3.05, 3.63) is 29.8 Å². The van der Waals surface area contributed by atoms with E-state index >= 15 is 0 Å². The van der Waals surface area contributed by atoms with Crippen LogP contribution in [0.4, 0.5) is 5.69 Å². The maximum atomic E-state index is 3.58. The van der Waals surface area contributed by atoms with E-state index in [1.165, 1.54) is 24.2 Å². The zero-order valence-corrected chi connectivity index (χ0v) is 11.2. The zero-order valence-electron chi connectivity index (χ0n) is 11.2. The summed E-state index contributed by atoms with van der Waals surface area (Å²) < 4.78 is 0. The van der Waals surface area contributed by atoms with Gasteiger partial charge in [0.25, 0.3) is 0 Å². The van der Waals surface area contributed by atoms with Crippen molar-refractivity contribution in [3.63, 3.8) is 0 Å². The molecular weight excluding hydrogens is 208 g/mol. The second kappa shape index (κ2) is 5.54. The molecule has 2 rings (SSSR count). The van der Waals surface area contributed by atoms with Crippen LogP contribution in [0, 0.1) is 5.92 Å². The van der Waals surface area contributed by atoms with Gasteiger partial charge in [0.1, 0.15) is 0 Å². The van der Waals surface area contributed by atoms with Crippen LogP contribution in [0.25, 0.3) is 0 Å². The predicted molar refractivity (Wildman–Crippen MR) is 74.4 cm³/mol.